The molecule has 31 heavy (non-hydrogen) atoms. The van der Waals surface area contributed by atoms with Gasteiger partial charge in [-0.3, -0.25) is 9.79 Å². The molecule has 0 bridgehead atoms. The fourth-order valence-electron chi connectivity index (χ4n) is 2.98. The van der Waals surface area contributed by atoms with Crippen LogP contribution in [0.25, 0.3) is 0 Å². The lowest BCUT2D eigenvalue weighted by molar-refractivity contribution is 0.0237. The SMILES string of the molecule is CN=C(NCCc1cccc(C(=O)NC)c1)NCCN(C(=O)OC(C)(C)C)C1CC1.I. The molecular weight excluding hydrogens is 509 g/mol. The summed E-state index contributed by atoms with van der Waals surface area (Å²) < 4.78 is 5.52. The van der Waals surface area contributed by atoms with Crippen molar-refractivity contribution in [3.05, 3.63) is 35.4 Å². The fraction of sp³-hybridized carbons (Fsp3) is 0.591. The lowest BCUT2D eigenvalue weighted by Crippen LogP contribution is -2.45. The van der Waals surface area contributed by atoms with Gasteiger partial charge in [0.15, 0.2) is 5.96 Å². The number of aliphatic imine (C=N–C) groups is 1. The van der Waals surface area contributed by atoms with Gasteiger partial charge >= 0.3 is 6.09 Å². The maximum absolute atomic E-state index is 12.4. The Morgan fingerprint density at radius 1 is 1.19 bits per heavy atom. The van der Waals surface area contributed by atoms with Crippen molar-refractivity contribution >= 4 is 41.9 Å². The van der Waals surface area contributed by atoms with Crippen LogP contribution in [0.5, 0.6) is 0 Å². The van der Waals surface area contributed by atoms with E-state index in [2.05, 4.69) is 20.9 Å². The minimum Gasteiger partial charge on any atom is -0.444 e. The number of nitrogens with zero attached hydrogens (tertiary/aromatic N) is 2. The molecule has 0 heterocycles. The van der Waals surface area contributed by atoms with Crippen molar-refractivity contribution in [1.29, 1.82) is 0 Å². The second-order valence-corrected chi connectivity index (χ2v) is 8.36. The standard InChI is InChI=1S/C22H35N5O3.HI/c1-22(2,3)30-21(29)27(18-9-10-18)14-13-26-20(24-5)25-12-11-16-7-6-8-17(15-16)19(28)23-4;/h6-8,15,18H,9-14H2,1-5H3,(H,23,28)(H2,24,25,26);1H. The van der Waals surface area contributed by atoms with Crippen molar-refractivity contribution in [2.24, 2.45) is 4.99 Å². The van der Waals surface area contributed by atoms with Crippen molar-refractivity contribution in [2.45, 2.75) is 51.7 Å². The van der Waals surface area contributed by atoms with Crippen LogP contribution in [0, 0.1) is 0 Å². The Hall–Kier alpha value is -2.04. The van der Waals surface area contributed by atoms with Gasteiger partial charge in [0.2, 0.25) is 0 Å². The Morgan fingerprint density at radius 2 is 1.87 bits per heavy atom. The van der Waals surface area contributed by atoms with Gasteiger partial charge < -0.3 is 25.6 Å². The van der Waals surface area contributed by atoms with E-state index >= 15 is 0 Å². The molecule has 1 fully saturated rings. The first-order chi connectivity index (χ1) is 14.2. The van der Waals surface area contributed by atoms with Gasteiger partial charge in [-0.25, -0.2) is 4.79 Å². The summed E-state index contributed by atoms with van der Waals surface area (Å²) in [6.07, 6.45) is 2.56. The van der Waals surface area contributed by atoms with Gasteiger partial charge in [0.25, 0.3) is 5.91 Å². The van der Waals surface area contributed by atoms with E-state index in [-0.39, 0.29) is 42.0 Å². The topological polar surface area (TPSA) is 95.1 Å². The lowest BCUT2D eigenvalue weighted by atomic mass is 10.1. The largest absolute Gasteiger partial charge is 0.444 e. The van der Waals surface area contributed by atoms with Crippen LogP contribution in [0.4, 0.5) is 4.79 Å². The van der Waals surface area contributed by atoms with E-state index in [1.807, 2.05) is 39.0 Å². The van der Waals surface area contributed by atoms with Gasteiger partial charge in [0.1, 0.15) is 5.60 Å². The third-order valence-electron chi connectivity index (χ3n) is 4.61. The van der Waals surface area contributed by atoms with Crippen molar-refractivity contribution in [1.82, 2.24) is 20.9 Å². The van der Waals surface area contributed by atoms with Crippen molar-refractivity contribution in [3.63, 3.8) is 0 Å². The Morgan fingerprint density at radius 3 is 2.45 bits per heavy atom. The van der Waals surface area contributed by atoms with Crippen LogP contribution in [-0.2, 0) is 11.2 Å². The van der Waals surface area contributed by atoms with Crippen LogP contribution >= 0.6 is 24.0 Å². The number of carbonyl (C=O) groups is 2. The Labute approximate surface area is 202 Å². The summed E-state index contributed by atoms with van der Waals surface area (Å²) >= 11 is 0. The first kappa shape index (κ1) is 27.0. The number of amides is 2. The molecule has 0 radical (unpaired) electrons. The highest BCUT2D eigenvalue weighted by Gasteiger charge is 2.34. The molecule has 2 amide bonds. The Balaban J connectivity index is 0.00000480. The quantitative estimate of drug-likeness (QED) is 0.266. The summed E-state index contributed by atoms with van der Waals surface area (Å²) in [6.45, 7) is 7.46. The molecule has 1 aromatic carbocycles. The second kappa shape index (κ2) is 12.7. The minimum absolute atomic E-state index is 0. The molecule has 1 aromatic rings. The van der Waals surface area contributed by atoms with Crippen LogP contribution in [0.1, 0.15) is 49.5 Å². The average Bonchev–Trinajstić information content (AvgIpc) is 3.53. The molecule has 1 saturated carbocycles. The van der Waals surface area contributed by atoms with Crippen LogP contribution in [0.3, 0.4) is 0 Å². The maximum atomic E-state index is 12.4. The first-order valence-electron chi connectivity index (χ1n) is 10.5. The zero-order valence-electron chi connectivity index (χ0n) is 19.2. The number of rotatable bonds is 8. The highest BCUT2D eigenvalue weighted by molar-refractivity contribution is 14.0. The maximum Gasteiger partial charge on any atom is 0.410 e. The van der Waals surface area contributed by atoms with E-state index in [0.29, 0.717) is 31.2 Å². The number of ether oxygens (including phenoxy) is 1. The molecule has 0 aliphatic heterocycles. The number of nitrogens with one attached hydrogen (secondary N) is 3. The summed E-state index contributed by atoms with van der Waals surface area (Å²) in [5.41, 5.74) is 1.23. The summed E-state index contributed by atoms with van der Waals surface area (Å²) in [5, 5.41) is 9.16. The fourth-order valence-corrected chi connectivity index (χ4v) is 2.98. The van der Waals surface area contributed by atoms with Gasteiger partial charge in [-0.15, -0.1) is 24.0 Å². The predicted molar refractivity (Wildman–Crippen MR) is 134 cm³/mol. The third kappa shape index (κ3) is 9.75. The molecule has 0 saturated heterocycles. The highest BCUT2D eigenvalue weighted by atomic mass is 127. The summed E-state index contributed by atoms with van der Waals surface area (Å²) in [4.78, 5) is 30.2. The number of hydrogen-bond acceptors (Lipinski definition) is 4. The molecule has 9 heteroatoms. The number of guanidine groups is 1. The van der Waals surface area contributed by atoms with Gasteiger partial charge in [-0.05, 0) is 57.7 Å². The van der Waals surface area contributed by atoms with Crippen molar-refractivity contribution in [3.8, 4) is 0 Å². The third-order valence-corrected chi connectivity index (χ3v) is 4.61. The predicted octanol–water partition coefficient (Wildman–Crippen LogP) is 2.77. The first-order valence-corrected chi connectivity index (χ1v) is 10.5. The van der Waals surface area contributed by atoms with E-state index < -0.39 is 5.60 Å². The van der Waals surface area contributed by atoms with Gasteiger partial charge in [0, 0.05) is 45.3 Å². The molecule has 8 nitrogen and oxygen atoms in total. The van der Waals surface area contributed by atoms with Gasteiger partial charge in [-0.1, -0.05) is 12.1 Å². The number of halogens is 1. The zero-order valence-corrected chi connectivity index (χ0v) is 21.5. The molecule has 0 atom stereocenters. The normalized spacial score (nSPS) is 13.6. The second-order valence-electron chi connectivity index (χ2n) is 8.36. The molecule has 2 rings (SSSR count). The number of carbonyl (C=O) groups excluding carboxylic acids is 2. The van der Waals surface area contributed by atoms with E-state index in [0.717, 1.165) is 24.8 Å². The van der Waals surface area contributed by atoms with E-state index in [9.17, 15) is 9.59 Å². The average molecular weight is 545 g/mol. The molecule has 1 aliphatic carbocycles. The number of hydrogen-bond donors (Lipinski definition) is 3. The van der Waals surface area contributed by atoms with Crippen LogP contribution in [-0.4, -0.2) is 68.2 Å². The van der Waals surface area contributed by atoms with Crippen molar-refractivity contribution < 1.29 is 14.3 Å². The van der Waals surface area contributed by atoms with Crippen LogP contribution in [0.15, 0.2) is 29.3 Å². The number of benzene rings is 1. The van der Waals surface area contributed by atoms with Gasteiger partial charge in [-0.2, -0.15) is 0 Å². The van der Waals surface area contributed by atoms with Gasteiger partial charge in [0.05, 0.1) is 0 Å². The summed E-state index contributed by atoms with van der Waals surface area (Å²) in [6, 6.07) is 7.86. The molecule has 0 aromatic heterocycles. The minimum atomic E-state index is -0.496. The zero-order chi connectivity index (χ0) is 22.1. The monoisotopic (exact) mass is 545 g/mol. The molecule has 0 unspecified atom stereocenters. The molecule has 3 N–H and O–H groups in total. The molecule has 0 spiro atoms. The summed E-state index contributed by atoms with van der Waals surface area (Å²) in [7, 11) is 3.34. The van der Waals surface area contributed by atoms with E-state index in [1.165, 1.54) is 0 Å². The molecular formula is C22H36IN5O3. The Bertz CT molecular complexity index is 760. The lowest BCUT2D eigenvalue weighted by Gasteiger charge is -2.27. The van der Waals surface area contributed by atoms with E-state index in [1.54, 1.807) is 25.1 Å². The molecule has 174 valence electrons. The summed E-state index contributed by atoms with van der Waals surface area (Å²) in [5.74, 6) is 0.588. The van der Waals surface area contributed by atoms with Crippen LogP contribution < -0.4 is 16.0 Å². The molecule has 1 aliphatic rings. The van der Waals surface area contributed by atoms with E-state index in [4.69, 9.17) is 4.74 Å². The van der Waals surface area contributed by atoms with Crippen molar-refractivity contribution in [2.75, 3.05) is 33.7 Å². The highest BCUT2D eigenvalue weighted by Crippen LogP contribution is 2.28. The Kier molecular flexibility index (Phi) is 11.1. The van der Waals surface area contributed by atoms with Crippen LogP contribution in [0.2, 0.25) is 0 Å². The smallest absolute Gasteiger partial charge is 0.410 e.